The fourth-order valence-electron chi connectivity index (χ4n) is 4.06. The van der Waals surface area contributed by atoms with Gasteiger partial charge in [-0.3, -0.25) is 0 Å². The highest BCUT2D eigenvalue weighted by atomic mass is 16.5. The Morgan fingerprint density at radius 1 is 0.968 bits per heavy atom. The molecule has 1 aliphatic heterocycles. The lowest BCUT2D eigenvalue weighted by atomic mass is 9.90. The summed E-state index contributed by atoms with van der Waals surface area (Å²) in [5.74, 6) is 0.826. The third-order valence-electron chi connectivity index (χ3n) is 5.48. The van der Waals surface area contributed by atoms with Gasteiger partial charge in [0.1, 0.15) is 23.4 Å². The standard InChI is InChI=1S/C25H28O6/c1-3-9-29-21-11-15(26)12-22-19(21)14-23(30-10-4-2)25(31-22)18-13-20(27)24(28)17-8-6-5-7-16(17)18/h5-8,11-13,23,25-28H,3-4,9-10,14H2,1-2H3/t23-,25-/m1/s1. The molecule has 3 aromatic rings. The molecule has 0 bridgehead atoms. The number of hydrogen-bond acceptors (Lipinski definition) is 6. The fourth-order valence-corrected chi connectivity index (χ4v) is 4.06. The van der Waals surface area contributed by atoms with E-state index in [-0.39, 0.29) is 23.4 Å². The van der Waals surface area contributed by atoms with Gasteiger partial charge >= 0.3 is 0 Å². The lowest BCUT2D eigenvalue weighted by molar-refractivity contribution is -0.0375. The van der Waals surface area contributed by atoms with E-state index in [2.05, 4.69) is 0 Å². The van der Waals surface area contributed by atoms with Crippen LogP contribution in [-0.4, -0.2) is 34.6 Å². The Labute approximate surface area is 181 Å². The second-order valence-corrected chi connectivity index (χ2v) is 7.80. The van der Waals surface area contributed by atoms with E-state index in [9.17, 15) is 15.3 Å². The summed E-state index contributed by atoms with van der Waals surface area (Å²) in [6.45, 7) is 5.17. The normalized spacial score (nSPS) is 17.9. The largest absolute Gasteiger partial charge is 0.508 e. The van der Waals surface area contributed by atoms with Crippen molar-refractivity contribution >= 4 is 10.8 Å². The van der Waals surface area contributed by atoms with Gasteiger partial charge in [-0.05, 0) is 24.3 Å². The molecule has 0 spiro atoms. The van der Waals surface area contributed by atoms with E-state index >= 15 is 0 Å². The lowest BCUT2D eigenvalue weighted by Gasteiger charge is -2.35. The Balaban J connectivity index is 1.83. The van der Waals surface area contributed by atoms with Crippen LogP contribution in [0.2, 0.25) is 0 Å². The van der Waals surface area contributed by atoms with Crippen molar-refractivity contribution < 1.29 is 29.5 Å². The van der Waals surface area contributed by atoms with Crippen LogP contribution in [0.3, 0.4) is 0 Å². The van der Waals surface area contributed by atoms with Gasteiger partial charge in [0.05, 0.1) is 6.61 Å². The summed E-state index contributed by atoms with van der Waals surface area (Å²) in [5.41, 5.74) is 1.58. The summed E-state index contributed by atoms with van der Waals surface area (Å²) in [6, 6.07) is 12.1. The molecule has 0 aromatic heterocycles. The molecule has 4 rings (SSSR count). The zero-order valence-corrected chi connectivity index (χ0v) is 17.8. The average molecular weight is 424 g/mol. The summed E-state index contributed by atoms with van der Waals surface area (Å²) in [6.07, 6.45) is 1.38. The highest BCUT2D eigenvalue weighted by Crippen LogP contribution is 2.46. The van der Waals surface area contributed by atoms with E-state index in [1.54, 1.807) is 18.2 Å². The Kier molecular flexibility index (Phi) is 6.09. The molecule has 0 fully saturated rings. The summed E-state index contributed by atoms with van der Waals surface area (Å²) in [4.78, 5) is 0. The number of ether oxygens (including phenoxy) is 3. The van der Waals surface area contributed by atoms with Gasteiger partial charge in [0.25, 0.3) is 0 Å². The zero-order chi connectivity index (χ0) is 22.0. The van der Waals surface area contributed by atoms with E-state index in [0.29, 0.717) is 36.5 Å². The molecule has 6 heteroatoms. The molecule has 0 saturated carbocycles. The maximum Gasteiger partial charge on any atom is 0.165 e. The van der Waals surface area contributed by atoms with Crippen molar-refractivity contribution in [2.45, 2.75) is 45.3 Å². The van der Waals surface area contributed by atoms with E-state index in [1.807, 2.05) is 32.0 Å². The van der Waals surface area contributed by atoms with Gasteiger partial charge in [0.2, 0.25) is 0 Å². The van der Waals surface area contributed by atoms with Crippen molar-refractivity contribution in [3.05, 3.63) is 53.6 Å². The highest BCUT2D eigenvalue weighted by molar-refractivity contribution is 5.93. The SMILES string of the molecule is CCCOc1cc(O)cc2c1C[C@@H](OCCC)[C@@H](c1cc(O)c(O)c3ccccc13)O2. The number of fused-ring (bicyclic) bond motifs is 2. The van der Waals surface area contributed by atoms with Crippen molar-refractivity contribution in [2.24, 2.45) is 0 Å². The summed E-state index contributed by atoms with van der Waals surface area (Å²) < 4.78 is 18.4. The van der Waals surface area contributed by atoms with E-state index < -0.39 is 6.10 Å². The van der Waals surface area contributed by atoms with Gasteiger partial charge < -0.3 is 29.5 Å². The van der Waals surface area contributed by atoms with Crippen molar-refractivity contribution in [3.63, 3.8) is 0 Å². The first-order valence-electron chi connectivity index (χ1n) is 10.7. The molecule has 3 aromatic carbocycles. The first kappa shape index (κ1) is 21.1. The van der Waals surface area contributed by atoms with Gasteiger partial charge in [-0.25, -0.2) is 0 Å². The molecule has 0 saturated heterocycles. The average Bonchev–Trinajstić information content (AvgIpc) is 2.78. The third kappa shape index (κ3) is 4.08. The van der Waals surface area contributed by atoms with Gasteiger partial charge in [-0.15, -0.1) is 0 Å². The lowest BCUT2D eigenvalue weighted by Crippen LogP contribution is -2.33. The Morgan fingerprint density at radius 2 is 1.71 bits per heavy atom. The van der Waals surface area contributed by atoms with Crippen molar-refractivity contribution in [2.75, 3.05) is 13.2 Å². The van der Waals surface area contributed by atoms with E-state index in [4.69, 9.17) is 14.2 Å². The fraction of sp³-hybridized carbons (Fsp3) is 0.360. The number of phenolic OH excluding ortho intramolecular Hbond substituents is 3. The van der Waals surface area contributed by atoms with Gasteiger partial charge in [0, 0.05) is 41.7 Å². The Morgan fingerprint density at radius 3 is 2.45 bits per heavy atom. The number of rotatable bonds is 7. The van der Waals surface area contributed by atoms with Crippen molar-refractivity contribution in [1.29, 1.82) is 0 Å². The van der Waals surface area contributed by atoms with Crippen LogP contribution in [0.5, 0.6) is 28.7 Å². The molecule has 0 amide bonds. The van der Waals surface area contributed by atoms with Gasteiger partial charge in [-0.2, -0.15) is 0 Å². The van der Waals surface area contributed by atoms with Crippen LogP contribution in [0.1, 0.15) is 43.9 Å². The van der Waals surface area contributed by atoms with Crippen molar-refractivity contribution in [1.82, 2.24) is 0 Å². The van der Waals surface area contributed by atoms with Crippen molar-refractivity contribution in [3.8, 4) is 28.7 Å². The molecule has 2 atom stereocenters. The molecule has 0 unspecified atom stereocenters. The minimum absolute atomic E-state index is 0.0648. The minimum atomic E-state index is -0.531. The molecule has 0 aliphatic carbocycles. The number of aromatic hydroxyl groups is 3. The molecule has 31 heavy (non-hydrogen) atoms. The summed E-state index contributed by atoms with van der Waals surface area (Å²) >= 11 is 0. The second kappa shape index (κ2) is 8.94. The predicted molar refractivity (Wildman–Crippen MR) is 118 cm³/mol. The summed E-state index contributed by atoms with van der Waals surface area (Å²) in [7, 11) is 0. The van der Waals surface area contributed by atoms with Crippen LogP contribution >= 0.6 is 0 Å². The number of benzene rings is 3. The van der Waals surface area contributed by atoms with Crippen LogP contribution in [0.25, 0.3) is 10.8 Å². The first-order chi connectivity index (χ1) is 15.0. The molecule has 1 heterocycles. The topological polar surface area (TPSA) is 88.4 Å². The van der Waals surface area contributed by atoms with E-state index in [1.165, 1.54) is 6.07 Å². The quantitative estimate of drug-likeness (QED) is 0.451. The predicted octanol–water partition coefficient (Wildman–Crippen LogP) is 5.22. The van der Waals surface area contributed by atoms with Gasteiger partial charge in [-0.1, -0.05) is 38.1 Å². The van der Waals surface area contributed by atoms with Crippen LogP contribution in [-0.2, 0) is 11.2 Å². The molecule has 6 nitrogen and oxygen atoms in total. The number of phenols is 3. The molecular formula is C25H28O6. The van der Waals surface area contributed by atoms with Gasteiger partial charge in [0.15, 0.2) is 17.6 Å². The van der Waals surface area contributed by atoms with Crippen LogP contribution < -0.4 is 9.47 Å². The molecule has 164 valence electrons. The van der Waals surface area contributed by atoms with Crippen LogP contribution in [0, 0.1) is 0 Å². The summed E-state index contributed by atoms with van der Waals surface area (Å²) in [5, 5.41) is 32.2. The zero-order valence-electron chi connectivity index (χ0n) is 17.8. The maximum atomic E-state index is 10.4. The van der Waals surface area contributed by atoms with E-state index in [0.717, 1.165) is 29.4 Å². The second-order valence-electron chi connectivity index (χ2n) is 7.80. The minimum Gasteiger partial charge on any atom is -0.508 e. The smallest absolute Gasteiger partial charge is 0.165 e. The highest BCUT2D eigenvalue weighted by Gasteiger charge is 2.36. The number of hydrogen-bond donors (Lipinski definition) is 3. The molecule has 1 aliphatic rings. The first-order valence-corrected chi connectivity index (χ1v) is 10.7. The molecular weight excluding hydrogens is 396 g/mol. The molecule has 0 radical (unpaired) electrons. The Bertz CT molecular complexity index is 1080. The maximum absolute atomic E-state index is 10.4. The Hall–Kier alpha value is -3.12. The van der Waals surface area contributed by atoms with Crippen LogP contribution in [0.4, 0.5) is 0 Å². The van der Waals surface area contributed by atoms with Crippen LogP contribution in [0.15, 0.2) is 42.5 Å². The third-order valence-corrected chi connectivity index (χ3v) is 5.48. The monoisotopic (exact) mass is 424 g/mol. The molecule has 3 N–H and O–H groups in total.